The van der Waals surface area contributed by atoms with E-state index in [1.54, 1.807) is 12.5 Å². The van der Waals surface area contributed by atoms with Crippen LogP contribution in [0.2, 0.25) is 0 Å². The van der Waals surface area contributed by atoms with E-state index in [0.29, 0.717) is 0 Å². The van der Waals surface area contributed by atoms with Crippen molar-refractivity contribution in [1.82, 2.24) is 14.5 Å². The summed E-state index contributed by atoms with van der Waals surface area (Å²) in [5.74, 6) is 1.55. The molecule has 5 heteroatoms. The first-order valence-electron chi connectivity index (χ1n) is 7.66. The predicted octanol–water partition coefficient (Wildman–Crippen LogP) is 4.45. The average Bonchev–Trinajstić information content (AvgIpc) is 3.31. The van der Waals surface area contributed by atoms with Gasteiger partial charge in [-0.25, -0.2) is 9.97 Å². The second kappa shape index (κ2) is 5.94. The summed E-state index contributed by atoms with van der Waals surface area (Å²) in [6.07, 6.45) is 5.48. The van der Waals surface area contributed by atoms with E-state index in [0.717, 1.165) is 39.3 Å². The number of hydrogen-bond donors (Lipinski definition) is 0. The van der Waals surface area contributed by atoms with Gasteiger partial charge in [0.25, 0.3) is 0 Å². The van der Waals surface area contributed by atoms with Gasteiger partial charge in [-0.2, -0.15) is 0 Å². The van der Waals surface area contributed by atoms with E-state index in [9.17, 15) is 0 Å². The van der Waals surface area contributed by atoms with Crippen molar-refractivity contribution >= 4 is 10.9 Å². The zero-order valence-corrected chi connectivity index (χ0v) is 12.7. The smallest absolute Gasteiger partial charge is 0.231 e. The van der Waals surface area contributed by atoms with Crippen molar-refractivity contribution in [3.8, 4) is 28.4 Å². The molecule has 0 fully saturated rings. The van der Waals surface area contributed by atoms with Gasteiger partial charge in [0, 0.05) is 29.0 Å². The molecule has 0 bridgehead atoms. The van der Waals surface area contributed by atoms with Gasteiger partial charge in [0.15, 0.2) is 11.5 Å². The third-order valence-corrected chi connectivity index (χ3v) is 4.14. The molecular formula is C20H17N3O2. The minimum Gasteiger partial charge on any atom is -0.454 e. The van der Waals surface area contributed by atoms with Crippen LogP contribution in [0.15, 0.2) is 67.3 Å². The molecule has 124 valence electrons. The largest absolute Gasteiger partial charge is 0.454 e. The molecule has 25 heavy (non-hydrogen) atoms. The third-order valence-electron chi connectivity index (χ3n) is 4.14. The van der Waals surface area contributed by atoms with Crippen molar-refractivity contribution in [2.24, 2.45) is 0 Å². The number of pyridine rings is 1. The molecule has 4 aromatic rings. The third kappa shape index (κ3) is 2.59. The fourth-order valence-corrected chi connectivity index (χ4v) is 2.90. The van der Waals surface area contributed by atoms with E-state index in [2.05, 4.69) is 17.1 Å². The van der Waals surface area contributed by atoms with Gasteiger partial charge in [-0.1, -0.05) is 13.5 Å². The van der Waals surface area contributed by atoms with Crippen molar-refractivity contribution in [3.05, 3.63) is 67.3 Å². The molecule has 0 saturated heterocycles. The van der Waals surface area contributed by atoms with Gasteiger partial charge in [-0.05, 0) is 42.5 Å². The number of ether oxygens (including phenoxy) is 2. The summed E-state index contributed by atoms with van der Waals surface area (Å²) in [6, 6.07) is 16.2. The number of rotatable bonds is 2. The van der Waals surface area contributed by atoms with Crippen LogP contribution in [-0.2, 0) is 0 Å². The zero-order valence-electron chi connectivity index (χ0n) is 12.7. The summed E-state index contributed by atoms with van der Waals surface area (Å²) >= 11 is 0. The van der Waals surface area contributed by atoms with Gasteiger partial charge in [0.05, 0.1) is 17.5 Å². The molecule has 1 aliphatic heterocycles. The second-order valence-electron chi connectivity index (χ2n) is 5.61. The lowest BCUT2D eigenvalue weighted by atomic mass is 10.1. The van der Waals surface area contributed by atoms with Gasteiger partial charge in [-0.3, -0.25) is 0 Å². The average molecular weight is 331 g/mol. The highest BCUT2D eigenvalue weighted by molar-refractivity contribution is 5.83. The molecule has 0 unspecified atom stereocenters. The maximum atomic E-state index is 5.45. The Morgan fingerprint density at radius 2 is 1.84 bits per heavy atom. The van der Waals surface area contributed by atoms with Crippen LogP contribution in [0.25, 0.3) is 27.8 Å². The van der Waals surface area contributed by atoms with E-state index < -0.39 is 0 Å². The van der Waals surface area contributed by atoms with Crippen LogP contribution in [0.5, 0.6) is 11.5 Å². The van der Waals surface area contributed by atoms with Gasteiger partial charge in [0.1, 0.15) is 0 Å². The molecule has 0 amide bonds. The molecule has 0 saturated carbocycles. The maximum absolute atomic E-state index is 5.45. The standard InChI is InChI=1S/C19H13N3O2.CH4/c1-4-16(14-2-6-18-19(10-14)24-12-23-18)21-17-5-3-15(9-13(1)17)22-8-7-20-11-22;/h1-11H,12H2;1H4. The van der Waals surface area contributed by atoms with Gasteiger partial charge in [-0.15, -0.1) is 0 Å². The molecule has 2 aromatic heterocycles. The molecular weight excluding hydrogens is 314 g/mol. The lowest BCUT2D eigenvalue weighted by Crippen LogP contribution is -1.93. The Kier molecular flexibility index (Phi) is 3.61. The van der Waals surface area contributed by atoms with Crippen molar-refractivity contribution < 1.29 is 9.47 Å². The first kappa shape index (κ1) is 15.2. The minimum absolute atomic E-state index is 0. The van der Waals surface area contributed by atoms with Crippen LogP contribution in [0.3, 0.4) is 0 Å². The fraction of sp³-hybridized carbons (Fsp3) is 0.100. The number of nitrogens with zero attached hydrogens (tertiary/aromatic N) is 3. The molecule has 2 aromatic carbocycles. The maximum Gasteiger partial charge on any atom is 0.231 e. The fourth-order valence-electron chi connectivity index (χ4n) is 2.90. The van der Waals surface area contributed by atoms with Crippen molar-refractivity contribution in [1.29, 1.82) is 0 Å². The summed E-state index contributed by atoms with van der Waals surface area (Å²) in [4.78, 5) is 8.86. The summed E-state index contributed by atoms with van der Waals surface area (Å²) < 4.78 is 12.8. The Balaban J connectivity index is 0.00000157. The van der Waals surface area contributed by atoms with Crippen LogP contribution in [0.4, 0.5) is 0 Å². The number of fused-ring (bicyclic) bond motifs is 2. The molecule has 0 aliphatic carbocycles. The number of benzene rings is 2. The number of hydrogen-bond acceptors (Lipinski definition) is 4. The van der Waals surface area contributed by atoms with Crippen molar-refractivity contribution in [2.75, 3.05) is 6.79 Å². The Morgan fingerprint density at radius 3 is 2.72 bits per heavy atom. The molecule has 3 heterocycles. The topological polar surface area (TPSA) is 49.2 Å². The van der Waals surface area contributed by atoms with E-state index in [4.69, 9.17) is 14.5 Å². The molecule has 5 nitrogen and oxygen atoms in total. The van der Waals surface area contributed by atoms with Gasteiger partial charge in [0.2, 0.25) is 6.79 Å². The highest BCUT2D eigenvalue weighted by Crippen LogP contribution is 2.35. The van der Waals surface area contributed by atoms with E-state index in [1.165, 1.54) is 0 Å². The SMILES string of the molecule is C.c1cn(-c2ccc3nc(-c4ccc5c(c4)OCO5)ccc3c2)cn1. The van der Waals surface area contributed by atoms with Gasteiger partial charge >= 0.3 is 0 Å². The summed E-state index contributed by atoms with van der Waals surface area (Å²) in [6.45, 7) is 0.279. The molecule has 0 spiro atoms. The first-order chi connectivity index (χ1) is 11.9. The minimum atomic E-state index is 0. The van der Waals surface area contributed by atoms with Crippen LogP contribution >= 0.6 is 0 Å². The first-order valence-corrected chi connectivity index (χ1v) is 7.66. The van der Waals surface area contributed by atoms with E-state index >= 15 is 0 Å². The quantitative estimate of drug-likeness (QED) is 0.544. The van der Waals surface area contributed by atoms with Crippen molar-refractivity contribution in [2.45, 2.75) is 7.43 Å². The van der Waals surface area contributed by atoms with Crippen LogP contribution in [-0.4, -0.2) is 21.3 Å². The van der Waals surface area contributed by atoms with Crippen molar-refractivity contribution in [3.63, 3.8) is 0 Å². The highest BCUT2D eigenvalue weighted by atomic mass is 16.7. The van der Waals surface area contributed by atoms with Crippen LogP contribution in [0, 0.1) is 0 Å². The van der Waals surface area contributed by atoms with E-state index in [-0.39, 0.29) is 14.2 Å². The molecule has 0 atom stereocenters. The molecule has 5 rings (SSSR count). The number of aromatic nitrogens is 3. The van der Waals surface area contributed by atoms with Crippen LogP contribution < -0.4 is 9.47 Å². The predicted molar refractivity (Wildman–Crippen MR) is 97.2 cm³/mol. The van der Waals surface area contributed by atoms with Crippen LogP contribution in [0.1, 0.15) is 7.43 Å². The lowest BCUT2D eigenvalue weighted by Gasteiger charge is -2.07. The Bertz CT molecular complexity index is 1040. The Labute approximate surface area is 145 Å². The molecule has 0 N–H and O–H groups in total. The molecule has 0 radical (unpaired) electrons. The highest BCUT2D eigenvalue weighted by Gasteiger charge is 2.14. The second-order valence-corrected chi connectivity index (χ2v) is 5.61. The van der Waals surface area contributed by atoms with E-state index in [1.807, 2.05) is 47.2 Å². The lowest BCUT2D eigenvalue weighted by molar-refractivity contribution is 0.174. The number of imidazole rings is 1. The Morgan fingerprint density at radius 1 is 0.920 bits per heavy atom. The molecule has 1 aliphatic rings. The summed E-state index contributed by atoms with van der Waals surface area (Å²) in [5.41, 5.74) is 3.95. The normalized spacial score (nSPS) is 12.2. The Hall–Kier alpha value is -3.34. The summed E-state index contributed by atoms with van der Waals surface area (Å²) in [7, 11) is 0. The monoisotopic (exact) mass is 331 g/mol. The van der Waals surface area contributed by atoms with Gasteiger partial charge < -0.3 is 14.0 Å². The zero-order chi connectivity index (χ0) is 15.9. The summed E-state index contributed by atoms with van der Waals surface area (Å²) in [5, 5.41) is 1.09.